The summed E-state index contributed by atoms with van der Waals surface area (Å²) < 4.78 is 10.0. The molecule has 1 aromatic carbocycles. The van der Waals surface area contributed by atoms with Crippen molar-refractivity contribution in [3.8, 4) is 0 Å². The maximum absolute atomic E-state index is 12.5. The van der Waals surface area contributed by atoms with Crippen LogP contribution < -0.4 is 5.32 Å². The smallest absolute Gasteiger partial charge is 0.410 e. The molecular weight excluding hydrogens is 440 g/mol. The largest absolute Gasteiger partial charge is 0.444 e. The summed E-state index contributed by atoms with van der Waals surface area (Å²) in [5, 5.41) is 12.6. The van der Waals surface area contributed by atoms with Gasteiger partial charge in [0.05, 0.1) is 16.7 Å². The zero-order valence-electron chi connectivity index (χ0n) is 21.2. The molecule has 1 N–H and O–H groups in total. The second-order valence-corrected chi connectivity index (χ2v) is 10.5. The highest BCUT2D eigenvalue weighted by molar-refractivity contribution is 5.88. The van der Waals surface area contributed by atoms with Crippen LogP contribution in [-0.2, 0) is 11.3 Å². The maximum Gasteiger partial charge on any atom is 0.410 e. The third-order valence-corrected chi connectivity index (χ3v) is 6.60. The van der Waals surface area contributed by atoms with E-state index in [-0.39, 0.29) is 12.1 Å². The molecule has 4 heterocycles. The molecule has 0 unspecified atom stereocenters. The lowest BCUT2D eigenvalue weighted by molar-refractivity contribution is 0.0210. The van der Waals surface area contributed by atoms with Crippen LogP contribution in [0, 0.1) is 13.8 Å². The molecule has 1 fully saturated rings. The summed E-state index contributed by atoms with van der Waals surface area (Å²) in [5.74, 6) is 0.866. The van der Waals surface area contributed by atoms with Gasteiger partial charge in [0.1, 0.15) is 11.4 Å². The van der Waals surface area contributed by atoms with Gasteiger partial charge in [0.2, 0.25) is 0 Å². The molecule has 35 heavy (non-hydrogen) atoms. The molecule has 8 heteroatoms. The van der Waals surface area contributed by atoms with Gasteiger partial charge < -0.3 is 19.5 Å². The van der Waals surface area contributed by atoms with Crippen molar-refractivity contribution < 1.29 is 9.53 Å². The number of aromatic nitrogens is 4. The zero-order chi connectivity index (χ0) is 24.7. The lowest BCUT2D eigenvalue weighted by Gasteiger charge is -2.34. The highest BCUT2D eigenvalue weighted by Crippen LogP contribution is 2.30. The second-order valence-electron chi connectivity index (χ2n) is 10.5. The Balaban J connectivity index is 1.42. The minimum absolute atomic E-state index is 0.234. The molecule has 1 aliphatic rings. The number of likely N-dealkylation sites (tertiary alicyclic amines) is 1. The van der Waals surface area contributed by atoms with Crippen LogP contribution in [0.2, 0.25) is 0 Å². The molecule has 8 nitrogen and oxygen atoms in total. The number of rotatable bonds is 4. The van der Waals surface area contributed by atoms with Gasteiger partial charge in [-0.1, -0.05) is 30.3 Å². The monoisotopic (exact) mass is 474 g/mol. The van der Waals surface area contributed by atoms with Crippen molar-refractivity contribution in [2.45, 2.75) is 65.6 Å². The third kappa shape index (κ3) is 4.70. The number of nitrogens with one attached hydrogen (secondary N) is 1. The van der Waals surface area contributed by atoms with Crippen molar-refractivity contribution in [3.05, 3.63) is 59.5 Å². The minimum atomic E-state index is -0.481. The number of nitrogens with zero attached hydrogens (tertiary/aromatic N) is 5. The first-order valence-electron chi connectivity index (χ1n) is 12.3. The molecule has 0 aliphatic carbocycles. The first kappa shape index (κ1) is 23.2. The van der Waals surface area contributed by atoms with Gasteiger partial charge in [-0.05, 0) is 65.2 Å². The van der Waals surface area contributed by atoms with Crippen molar-refractivity contribution in [1.82, 2.24) is 24.1 Å². The second kappa shape index (κ2) is 8.91. The molecule has 0 atom stereocenters. The highest BCUT2D eigenvalue weighted by atomic mass is 16.6. The molecule has 0 saturated carbocycles. The lowest BCUT2D eigenvalue weighted by Crippen LogP contribution is -2.44. The molecule has 0 radical (unpaired) electrons. The van der Waals surface area contributed by atoms with E-state index < -0.39 is 5.60 Å². The van der Waals surface area contributed by atoms with Crippen molar-refractivity contribution in [2.24, 2.45) is 0 Å². The van der Waals surface area contributed by atoms with E-state index in [0.29, 0.717) is 13.1 Å². The van der Waals surface area contributed by atoms with Crippen LogP contribution in [0.5, 0.6) is 0 Å². The number of hydrogen-bond acceptors (Lipinski definition) is 5. The summed E-state index contributed by atoms with van der Waals surface area (Å²) in [7, 11) is 0. The van der Waals surface area contributed by atoms with Crippen molar-refractivity contribution >= 4 is 28.5 Å². The number of carbonyl (C=O) groups excluding carboxylic acids is 1. The minimum Gasteiger partial charge on any atom is -0.444 e. The quantitative estimate of drug-likeness (QED) is 0.442. The molecule has 1 amide bonds. The molecule has 4 aromatic rings. The van der Waals surface area contributed by atoms with E-state index in [1.165, 1.54) is 11.3 Å². The van der Waals surface area contributed by atoms with Crippen LogP contribution in [0.1, 0.15) is 50.7 Å². The number of anilines is 1. The predicted molar refractivity (Wildman–Crippen MR) is 138 cm³/mol. The first-order chi connectivity index (χ1) is 16.7. The Morgan fingerprint density at radius 1 is 1.06 bits per heavy atom. The molecule has 184 valence electrons. The van der Waals surface area contributed by atoms with Gasteiger partial charge in [-0.2, -0.15) is 0 Å². The zero-order valence-corrected chi connectivity index (χ0v) is 21.2. The summed E-state index contributed by atoms with van der Waals surface area (Å²) in [6, 6.07) is 15.2. The topological polar surface area (TPSA) is 76.7 Å². The Labute approximate surface area is 205 Å². The number of benzene rings is 1. The van der Waals surface area contributed by atoms with Gasteiger partial charge in [0.15, 0.2) is 5.65 Å². The van der Waals surface area contributed by atoms with Crippen molar-refractivity contribution in [1.29, 1.82) is 0 Å². The van der Waals surface area contributed by atoms with E-state index in [0.717, 1.165) is 47.6 Å². The highest BCUT2D eigenvalue weighted by Gasteiger charge is 2.27. The van der Waals surface area contributed by atoms with Gasteiger partial charge in [0.25, 0.3) is 0 Å². The van der Waals surface area contributed by atoms with Gasteiger partial charge in [-0.25, -0.2) is 4.79 Å². The first-order valence-corrected chi connectivity index (χ1v) is 12.3. The Hall–Kier alpha value is -3.55. The van der Waals surface area contributed by atoms with E-state index in [1.54, 1.807) is 4.90 Å². The summed E-state index contributed by atoms with van der Waals surface area (Å²) in [6.07, 6.45) is 1.46. The van der Waals surface area contributed by atoms with Crippen LogP contribution in [0.25, 0.3) is 16.7 Å². The molecular formula is C27H34N6O2. The Kier molecular flexibility index (Phi) is 5.91. The maximum atomic E-state index is 12.5. The van der Waals surface area contributed by atoms with Crippen LogP contribution in [0.3, 0.4) is 0 Å². The number of aryl methyl sites for hydroxylation is 2. The van der Waals surface area contributed by atoms with Crippen LogP contribution in [0.4, 0.5) is 10.5 Å². The van der Waals surface area contributed by atoms with Crippen LogP contribution in [0.15, 0.2) is 42.5 Å². The van der Waals surface area contributed by atoms with Crippen molar-refractivity contribution in [3.63, 3.8) is 0 Å². The summed E-state index contributed by atoms with van der Waals surface area (Å²) in [6.45, 7) is 12.0. The van der Waals surface area contributed by atoms with E-state index >= 15 is 0 Å². The fourth-order valence-corrected chi connectivity index (χ4v) is 4.87. The number of pyridine rings is 1. The van der Waals surface area contributed by atoms with Gasteiger partial charge in [-0.3, -0.25) is 4.40 Å². The fourth-order valence-electron chi connectivity index (χ4n) is 4.87. The van der Waals surface area contributed by atoms with Gasteiger partial charge in [-0.15, -0.1) is 10.2 Å². The standard InChI is InChI=1S/C27H34N6O2/c1-18-15-24-23(32(18)17-20-9-7-6-8-10-20)16-22(25-30-29-19(2)33(24)25)28-21-11-13-31(14-12-21)26(34)35-27(3,4)5/h6-10,15-16,21,28H,11-14,17H2,1-5H3. The Bertz CT molecular complexity index is 1360. The van der Waals surface area contributed by atoms with E-state index in [9.17, 15) is 4.79 Å². The third-order valence-electron chi connectivity index (χ3n) is 6.60. The van der Waals surface area contributed by atoms with Gasteiger partial charge in [0, 0.05) is 31.4 Å². The molecule has 5 rings (SSSR count). The Morgan fingerprint density at radius 2 is 1.77 bits per heavy atom. The number of ether oxygens (including phenoxy) is 1. The number of piperidine rings is 1. The van der Waals surface area contributed by atoms with Crippen LogP contribution in [-0.4, -0.2) is 54.9 Å². The molecule has 0 bridgehead atoms. The van der Waals surface area contributed by atoms with E-state index in [2.05, 4.69) is 67.8 Å². The number of hydrogen-bond donors (Lipinski definition) is 1. The van der Waals surface area contributed by atoms with Crippen LogP contribution >= 0.6 is 0 Å². The van der Waals surface area contributed by atoms with E-state index in [4.69, 9.17) is 4.74 Å². The molecule has 0 spiro atoms. The molecule has 3 aromatic heterocycles. The number of amides is 1. The average molecular weight is 475 g/mol. The van der Waals surface area contributed by atoms with Gasteiger partial charge >= 0.3 is 6.09 Å². The molecule has 1 aliphatic heterocycles. The molecule has 1 saturated heterocycles. The average Bonchev–Trinajstić information content (AvgIpc) is 3.34. The van der Waals surface area contributed by atoms with E-state index in [1.807, 2.05) is 33.8 Å². The normalized spacial score (nSPS) is 15.2. The summed E-state index contributed by atoms with van der Waals surface area (Å²) in [4.78, 5) is 14.3. The Morgan fingerprint density at radius 3 is 2.46 bits per heavy atom. The van der Waals surface area contributed by atoms with Crippen molar-refractivity contribution in [2.75, 3.05) is 18.4 Å². The number of fused-ring (bicyclic) bond motifs is 3. The lowest BCUT2D eigenvalue weighted by atomic mass is 10.0. The fraction of sp³-hybridized carbons (Fsp3) is 0.444. The summed E-state index contributed by atoms with van der Waals surface area (Å²) in [5.41, 5.74) is 6.05. The predicted octanol–water partition coefficient (Wildman–Crippen LogP) is 5.16. The number of carbonyl (C=O) groups is 1. The SMILES string of the molecule is Cc1cc2c(cc(NC3CCN(C(=O)OC(C)(C)C)CC3)c3nnc(C)n32)n1Cc1ccccc1. The summed E-state index contributed by atoms with van der Waals surface area (Å²) >= 11 is 0.